The molecule has 2 N–H and O–H groups in total. The molecule has 1 aromatic heterocycles. The molecule has 3 aliphatic carbocycles. The Hall–Kier alpha value is -2.02. The molecule has 28 heavy (non-hydrogen) atoms. The van der Waals surface area contributed by atoms with Crippen LogP contribution in [0.2, 0.25) is 25.2 Å². The van der Waals surface area contributed by atoms with E-state index in [1.54, 1.807) is 0 Å². The van der Waals surface area contributed by atoms with E-state index < -0.39 is 25.7 Å². The van der Waals surface area contributed by atoms with Crippen LogP contribution in [0.4, 0.5) is 0 Å². The van der Waals surface area contributed by atoms with Crippen LogP contribution in [0.5, 0.6) is 0 Å². The standard InChI is InChI=1S/C22H24O5Si/c1-22-13-7-5-10-11(6-8-14(10)23)15(13)18(25)20-16(22)12(9-27-20)17(24)19(26)21(22)28(2,3)4/h5,7,9,17,19,21,24,26H,6,8H2,1-4H3/t17-,19-,21+,22-/m1/s1. The highest BCUT2D eigenvalue weighted by molar-refractivity contribution is 6.78. The molecule has 0 aliphatic heterocycles. The zero-order valence-electron chi connectivity index (χ0n) is 16.5. The van der Waals surface area contributed by atoms with Gasteiger partial charge in [0.1, 0.15) is 6.10 Å². The van der Waals surface area contributed by atoms with Gasteiger partial charge in [-0.05, 0) is 23.1 Å². The van der Waals surface area contributed by atoms with Gasteiger partial charge in [0.05, 0.1) is 20.4 Å². The van der Waals surface area contributed by atoms with Crippen LogP contribution in [0.3, 0.4) is 0 Å². The lowest BCUT2D eigenvalue weighted by Crippen LogP contribution is -2.55. The predicted molar refractivity (Wildman–Crippen MR) is 106 cm³/mol. The molecule has 146 valence electrons. The third-order valence-electron chi connectivity index (χ3n) is 7.09. The molecule has 0 unspecified atom stereocenters. The molecule has 0 amide bonds. The molecule has 0 radical (unpaired) electrons. The summed E-state index contributed by atoms with van der Waals surface area (Å²) >= 11 is 0. The Kier molecular flexibility index (Phi) is 3.42. The summed E-state index contributed by atoms with van der Waals surface area (Å²) < 4.78 is 5.70. The molecule has 4 atom stereocenters. The van der Waals surface area contributed by atoms with E-state index in [1.807, 2.05) is 12.1 Å². The summed E-state index contributed by atoms with van der Waals surface area (Å²) in [5, 5.41) is 22.0. The zero-order chi connectivity index (χ0) is 20.2. The van der Waals surface area contributed by atoms with Crippen molar-refractivity contribution in [3.63, 3.8) is 0 Å². The maximum absolute atomic E-state index is 13.4. The summed E-state index contributed by atoms with van der Waals surface area (Å²) in [7, 11) is -2.01. The summed E-state index contributed by atoms with van der Waals surface area (Å²) in [6, 6.07) is 3.73. The van der Waals surface area contributed by atoms with Gasteiger partial charge in [-0.2, -0.15) is 0 Å². The van der Waals surface area contributed by atoms with Gasteiger partial charge >= 0.3 is 0 Å². The van der Waals surface area contributed by atoms with E-state index in [4.69, 9.17) is 4.42 Å². The highest BCUT2D eigenvalue weighted by atomic mass is 28.3. The second-order valence-corrected chi connectivity index (χ2v) is 15.0. The number of benzene rings is 1. The lowest BCUT2D eigenvalue weighted by Gasteiger charge is -2.53. The number of carbonyl (C=O) groups excluding carboxylic acids is 2. The minimum atomic E-state index is -2.01. The minimum Gasteiger partial charge on any atom is -0.460 e. The van der Waals surface area contributed by atoms with Crippen molar-refractivity contribution in [2.75, 3.05) is 0 Å². The zero-order valence-corrected chi connectivity index (χ0v) is 17.5. The number of fused-ring (bicyclic) bond motifs is 4. The normalized spacial score (nSPS) is 30.9. The Morgan fingerprint density at radius 2 is 1.86 bits per heavy atom. The highest BCUT2D eigenvalue weighted by Crippen LogP contribution is 2.61. The van der Waals surface area contributed by atoms with E-state index in [0.29, 0.717) is 29.5 Å². The van der Waals surface area contributed by atoms with Gasteiger partial charge in [0.15, 0.2) is 11.5 Å². The number of Topliss-reactive ketones (excluding diaryl/α,β-unsaturated/α-hetero) is 1. The topological polar surface area (TPSA) is 87.7 Å². The molecule has 0 saturated carbocycles. The average Bonchev–Trinajstić information content (AvgIpc) is 3.22. The van der Waals surface area contributed by atoms with Crippen molar-refractivity contribution < 1.29 is 24.2 Å². The van der Waals surface area contributed by atoms with Crippen LogP contribution < -0.4 is 0 Å². The molecule has 5 rings (SSSR count). The summed E-state index contributed by atoms with van der Waals surface area (Å²) in [6.45, 7) is 8.60. The molecule has 0 saturated heterocycles. The first-order valence-electron chi connectivity index (χ1n) is 9.80. The summed E-state index contributed by atoms with van der Waals surface area (Å²) in [6.07, 6.45) is 0.399. The van der Waals surface area contributed by atoms with Gasteiger partial charge in [-0.15, -0.1) is 0 Å². The van der Waals surface area contributed by atoms with Crippen LogP contribution in [0.1, 0.15) is 68.2 Å². The summed E-state index contributed by atoms with van der Waals surface area (Å²) in [5.74, 6) is 0.118. The first-order valence-corrected chi connectivity index (χ1v) is 13.4. The SMILES string of the molecule is C[C@@]12c3ccc4c(c3C(=O)c3occ(c31)[C@@H](O)[C@@H](O)[C@@H]2[Si](C)(C)C)CCC4=O. The maximum Gasteiger partial charge on any atom is 0.229 e. The lowest BCUT2D eigenvalue weighted by molar-refractivity contribution is -0.00828. The van der Waals surface area contributed by atoms with Gasteiger partial charge < -0.3 is 14.6 Å². The lowest BCUT2D eigenvalue weighted by atomic mass is 9.60. The fourth-order valence-corrected chi connectivity index (χ4v) is 9.42. The van der Waals surface area contributed by atoms with Crippen molar-refractivity contribution in [1.29, 1.82) is 0 Å². The molecule has 0 spiro atoms. The molecular weight excluding hydrogens is 372 g/mol. The van der Waals surface area contributed by atoms with Crippen molar-refractivity contribution in [2.24, 2.45) is 0 Å². The van der Waals surface area contributed by atoms with Crippen LogP contribution in [0, 0.1) is 0 Å². The molecule has 0 fully saturated rings. The quantitative estimate of drug-likeness (QED) is 0.722. The van der Waals surface area contributed by atoms with E-state index in [2.05, 4.69) is 26.6 Å². The van der Waals surface area contributed by atoms with E-state index in [9.17, 15) is 19.8 Å². The van der Waals surface area contributed by atoms with Gasteiger partial charge in [0.25, 0.3) is 0 Å². The van der Waals surface area contributed by atoms with Gasteiger partial charge in [-0.3, -0.25) is 9.59 Å². The maximum atomic E-state index is 13.4. The monoisotopic (exact) mass is 396 g/mol. The molecular formula is C22H24O5Si. The Morgan fingerprint density at radius 1 is 1.14 bits per heavy atom. The number of aliphatic hydroxyl groups excluding tert-OH is 2. The minimum absolute atomic E-state index is 0.0718. The Labute approximate surface area is 164 Å². The third kappa shape index (κ3) is 1.93. The smallest absolute Gasteiger partial charge is 0.229 e. The number of aliphatic hydroxyl groups is 2. The van der Waals surface area contributed by atoms with Crippen molar-refractivity contribution in [1.82, 2.24) is 0 Å². The summed E-state index contributed by atoms with van der Waals surface area (Å²) in [4.78, 5) is 25.7. The molecule has 3 aliphatic rings. The van der Waals surface area contributed by atoms with Crippen LogP contribution in [0.25, 0.3) is 0 Å². The van der Waals surface area contributed by atoms with Crippen LogP contribution >= 0.6 is 0 Å². The van der Waals surface area contributed by atoms with E-state index in [-0.39, 0.29) is 22.9 Å². The van der Waals surface area contributed by atoms with Gasteiger partial charge in [0.2, 0.25) is 5.78 Å². The van der Waals surface area contributed by atoms with E-state index in [1.165, 1.54) is 6.26 Å². The number of hydrogen-bond donors (Lipinski definition) is 2. The van der Waals surface area contributed by atoms with Gasteiger partial charge in [-0.25, -0.2) is 0 Å². The number of rotatable bonds is 1. The molecule has 5 nitrogen and oxygen atoms in total. The van der Waals surface area contributed by atoms with Crippen LogP contribution in [-0.4, -0.2) is 36.0 Å². The van der Waals surface area contributed by atoms with Crippen molar-refractivity contribution >= 4 is 19.6 Å². The largest absolute Gasteiger partial charge is 0.460 e. The van der Waals surface area contributed by atoms with Crippen molar-refractivity contribution in [3.05, 3.63) is 57.5 Å². The van der Waals surface area contributed by atoms with Crippen LogP contribution in [-0.2, 0) is 11.8 Å². The predicted octanol–water partition coefficient (Wildman–Crippen LogP) is 3.38. The van der Waals surface area contributed by atoms with E-state index >= 15 is 0 Å². The highest BCUT2D eigenvalue weighted by Gasteiger charge is 2.60. The second kappa shape index (κ2) is 5.31. The fraction of sp³-hybridized carbons (Fsp3) is 0.455. The molecule has 1 aromatic carbocycles. The second-order valence-electron chi connectivity index (χ2n) is 9.64. The Bertz CT molecular complexity index is 1060. The number of carbonyl (C=O) groups is 2. The molecule has 1 heterocycles. The first-order chi connectivity index (χ1) is 13.1. The van der Waals surface area contributed by atoms with Gasteiger partial charge in [0, 0.05) is 34.1 Å². The Morgan fingerprint density at radius 3 is 2.54 bits per heavy atom. The fourth-order valence-electron chi connectivity index (χ4n) is 6.18. The molecule has 0 bridgehead atoms. The van der Waals surface area contributed by atoms with Crippen LogP contribution in [0.15, 0.2) is 22.8 Å². The molecule has 6 heteroatoms. The first kappa shape index (κ1) is 18.0. The number of hydrogen-bond acceptors (Lipinski definition) is 5. The third-order valence-corrected chi connectivity index (χ3v) is 9.87. The van der Waals surface area contributed by atoms with Gasteiger partial charge in [-0.1, -0.05) is 38.7 Å². The van der Waals surface area contributed by atoms with Crippen molar-refractivity contribution in [3.8, 4) is 0 Å². The number of furan rings is 1. The molecule has 2 aromatic rings. The Balaban J connectivity index is 1.90. The van der Waals surface area contributed by atoms with Crippen molar-refractivity contribution in [2.45, 2.75) is 62.6 Å². The van der Waals surface area contributed by atoms with E-state index in [0.717, 1.165) is 16.7 Å². The summed E-state index contributed by atoms with van der Waals surface area (Å²) in [5.41, 5.74) is 3.25. The average molecular weight is 397 g/mol. The number of ketones is 2.